The van der Waals surface area contributed by atoms with E-state index in [1.54, 1.807) is 29.6 Å². The molecule has 0 bridgehead atoms. The number of imidazole rings is 2. The summed E-state index contributed by atoms with van der Waals surface area (Å²) >= 11 is 0. The minimum atomic E-state index is -0.407. The largest absolute Gasteiger partial charge is 0.383 e. The Balaban J connectivity index is 1.65. The van der Waals surface area contributed by atoms with E-state index < -0.39 is 5.69 Å². The highest BCUT2D eigenvalue weighted by atomic mass is 19.1. The second kappa shape index (κ2) is 6.66. The monoisotopic (exact) mass is 384 g/mol. The van der Waals surface area contributed by atoms with Gasteiger partial charge in [-0.25, -0.2) is 9.18 Å². The molecule has 0 fully saturated rings. The van der Waals surface area contributed by atoms with Gasteiger partial charge in [0.05, 0.1) is 5.69 Å². The lowest BCUT2D eigenvalue weighted by atomic mass is 10.3. The van der Waals surface area contributed by atoms with E-state index in [-0.39, 0.29) is 11.4 Å². The summed E-state index contributed by atoms with van der Waals surface area (Å²) in [6.07, 6.45) is 2.58. The highest BCUT2D eigenvalue weighted by Gasteiger charge is 2.18. The Morgan fingerprint density at radius 3 is 2.64 bits per heavy atom. The molecule has 9 heteroatoms. The van der Waals surface area contributed by atoms with Crippen molar-refractivity contribution in [1.82, 2.24) is 23.1 Å². The average molecular weight is 384 g/mol. The van der Waals surface area contributed by atoms with E-state index in [2.05, 4.69) is 10.3 Å². The molecule has 0 unspecified atom stereocenters. The smallest absolute Gasteiger partial charge is 0.332 e. The number of halogens is 1. The number of nitrogens with zero attached hydrogens (tertiary/aromatic N) is 5. The molecule has 1 aromatic carbocycles. The maximum absolute atomic E-state index is 13.7. The van der Waals surface area contributed by atoms with Crippen molar-refractivity contribution in [2.75, 3.05) is 11.9 Å². The van der Waals surface area contributed by atoms with Crippen LogP contribution in [-0.2, 0) is 20.6 Å². The molecule has 0 aliphatic carbocycles. The number of nitrogens with one attached hydrogen (secondary N) is 1. The third-order valence-corrected chi connectivity index (χ3v) is 5.00. The molecule has 0 spiro atoms. The first kappa shape index (κ1) is 18.0. The van der Waals surface area contributed by atoms with Crippen molar-refractivity contribution < 1.29 is 4.39 Å². The van der Waals surface area contributed by atoms with Crippen LogP contribution in [0.4, 0.5) is 10.1 Å². The Labute approximate surface area is 159 Å². The van der Waals surface area contributed by atoms with Crippen LogP contribution >= 0.6 is 0 Å². The van der Waals surface area contributed by atoms with E-state index in [9.17, 15) is 14.0 Å². The quantitative estimate of drug-likeness (QED) is 0.531. The summed E-state index contributed by atoms with van der Waals surface area (Å²) in [5, 5.41) is 3.09. The van der Waals surface area contributed by atoms with Gasteiger partial charge < -0.3 is 9.88 Å². The Morgan fingerprint density at radius 2 is 1.89 bits per heavy atom. The first-order valence-electron chi connectivity index (χ1n) is 9.02. The number of aromatic nitrogens is 5. The van der Waals surface area contributed by atoms with Crippen LogP contribution in [0.2, 0.25) is 0 Å². The predicted octanol–water partition coefficient (Wildman–Crippen LogP) is 1.64. The number of benzene rings is 1. The molecular weight excluding hydrogens is 363 g/mol. The van der Waals surface area contributed by atoms with E-state index in [0.717, 1.165) is 16.7 Å². The summed E-state index contributed by atoms with van der Waals surface area (Å²) in [7, 11) is 3.06. The van der Waals surface area contributed by atoms with Crippen molar-refractivity contribution in [3.8, 4) is 0 Å². The highest BCUT2D eigenvalue weighted by Crippen LogP contribution is 2.17. The first-order valence-corrected chi connectivity index (χ1v) is 9.02. The fraction of sp³-hybridized carbons (Fsp3) is 0.316. The van der Waals surface area contributed by atoms with E-state index in [1.807, 2.05) is 17.7 Å². The molecule has 3 heterocycles. The van der Waals surface area contributed by atoms with Crippen molar-refractivity contribution in [3.63, 3.8) is 0 Å². The zero-order valence-corrected chi connectivity index (χ0v) is 15.9. The molecule has 0 amide bonds. The van der Waals surface area contributed by atoms with Gasteiger partial charge in [-0.1, -0.05) is 12.1 Å². The van der Waals surface area contributed by atoms with Crippen LogP contribution in [0.3, 0.4) is 0 Å². The van der Waals surface area contributed by atoms with Gasteiger partial charge in [-0.2, -0.15) is 4.98 Å². The lowest BCUT2D eigenvalue weighted by Crippen LogP contribution is -2.37. The highest BCUT2D eigenvalue weighted by molar-refractivity contribution is 5.75. The molecule has 0 saturated carbocycles. The second-order valence-corrected chi connectivity index (χ2v) is 6.84. The van der Waals surface area contributed by atoms with E-state index in [1.165, 1.54) is 17.7 Å². The number of fused-ring (bicyclic) bond motifs is 3. The number of anilines is 1. The van der Waals surface area contributed by atoms with E-state index in [4.69, 9.17) is 0 Å². The number of hydrogen-bond donors (Lipinski definition) is 1. The molecular formula is C19H21FN6O2. The summed E-state index contributed by atoms with van der Waals surface area (Å²) < 4.78 is 19.9. The van der Waals surface area contributed by atoms with Gasteiger partial charge in [-0.15, -0.1) is 0 Å². The minimum Gasteiger partial charge on any atom is -0.383 e. The molecule has 0 aliphatic rings. The summed E-state index contributed by atoms with van der Waals surface area (Å²) in [5.41, 5.74) is 1.39. The predicted molar refractivity (Wildman–Crippen MR) is 105 cm³/mol. The normalized spacial score (nSPS) is 11.6. The standard InChI is InChI=1S/C19H21FN6O2/c1-12-11-26-15-16(23(2)19(28)24(3)17(15)27)22-18(26)25(12)10-6-9-21-14-8-5-4-7-13(14)20/h4-5,7-8,11,21H,6,9-10H2,1-3H3. The average Bonchev–Trinajstić information content (AvgIpc) is 3.18. The van der Waals surface area contributed by atoms with Crippen molar-refractivity contribution >= 4 is 22.6 Å². The topological polar surface area (TPSA) is 78.3 Å². The van der Waals surface area contributed by atoms with Crippen LogP contribution < -0.4 is 16.6 Å². The zero-order chi connectivity index (χ0) is 20.0. The number of aryl methyl sites for hydroxylation is 3. The number of para-hydroxylation sites is 1. The van der Waals surface area contributed by atoms with E-state index >= 15 is 0 Å². The van der Waals surface area contributed by atoms with Crippen LogP contribution in [0.5, 0.6) is 0 Å². The SMILES string of the molecule is Cc1cn2c3c(=O)n(C)c(=O)n(C)c3nc2n1CCCNc1ccccc1F. The van der Waals surface area contributed by atoms with Crippen molar-refractivity contribution in [1.29, 1.82) is 0 Å². The Bertz CT molecular complexity index is 1310. The molecule has 8 nitrogen and oxygen atoms in total. The third-order valence-electron chi connectivity index (χ3n) is 5.00. The van der Waals surface area contributed by atoms with Gasteiger partial charge in [0.15, 0.2) is 11.2 Å². The van der Waals surface area contributed by atoms with Crippen molar-refractivity contribution in [2.45, 2.75) is 19.9 Å². The van der Waals surface area contributed by atoms with Gasteiger partial charge >= 0.3 is 5.69 Å². The van der Waals surface area contributed by atoms with Gasteiger partial charge in [0.25, 0.3) is 5.56 Å². The number of rotatable bonds is 5. The van der Waals surface area contributed by atoms with Crippen LogP contribution in [0.15, 0.2) is 40.1 Å². The van der Waals surface area contributed by atoms with Gasteiger partial charge in [-0.05, 0) is 25.5 Å². The molecule has 1 N–H and O–H groups in total. The minimum absolute atomic E-state index is 0.279. The third kappa shape index (κ3) is 2.70. The van der Waals surface area contributed by atoms with Crippen LogP contribution in [0.25, 0.3) is 16.9 Å². The molecule has 4 rings (SSSR count). The van der Waals surface area contributed by atoms with Gasteiger partial charge in [0.1, 0.15) is 5.82 Å². The Hall–Kier alpha value is -3.36. The Kier molecular flexibility index (Phi) is 4.29. The fourth-order valence-electron chi connectivity index (χ4n) is 3.47. The molecule has 3 aromatic heterocycles. The fourth-order valence-corrected chi connectivity index (χ4v) is 3.47. The zero-order valence-electron chi connectivity index (χ0n) is 15.9. The second-order valence-electron chi connectivity index (χ2n) is 6.84. The van der Waals surface area contributed by atoms with Crippen LogP contribution in [0.1, 0.15) is 12.1 Å². The summed E-state index contributed by atoms with van der Waals surface area (Å²) in [5.74, 6) is 0.329. The molecule has 4 aromatic rings. The molecule has 0 radical (unpaired) electrons. The van der Waals surface area contributed by atoms with Crippen molar-refractivity contribution in [2.24, 2.45) is 14.1 Å². The van der Waals surface area contributed by atoms with Crippen LogP contribution in [0, 0.1) is 12.7 Å². The van der Waals surface area contributed by atoms with Crippen LogP contribution in [-0.4, -0.2) is 29.6 Å². The molecule has 0 aliphatic heterocycles. The summed E-state index contributed by atoms with van der Waals surface area (Å²) in [4.78, 5) is 29.3. The maximum atomic E-state index is 13.7. The van der Waals surface area contributed by atoms with E-state index in [0.29, 0.717) is 35.7 Å². The summed E-state index contributed by atoms with van der Waals surface area (Å²) in [6, 6.07) is 6.56. The molecule has 0 saturated heterocycles. The van der Waals surface area contributed by atoms with Gasteiger partial charge in [0.2, 0.25) is 5.78 Å². The molecule has 28 heavy (non-hydrogen) atoms. The lowest BCUT2D eigenvalue weighted by molar-refractivity contribution is 0.625. The lowest BCUT2D eigenvalue weighted by Gasteiger charge is -2.09. The van der Waals surface area contributed by atoms with Gasteiger partial charge in [0, 0.05) is 39.1 Å². The molecule has 146 valence electrons. The number of hydrogen-bond acceptors (Lipinski definition) is 4. The first-order chi connectivity index (χ1) is 13.4. The van der Waals surface area contributed by atoms with Crippen molar-refractivity contribution in [3.05, 3.63) is 62.8 Å². The van der Waals surface area contributed by atoms with Gasteiger partial charge in [-0.3, -0.25) is 18.3 Å². The Morgan fingerprint density at radius 1 is 1.14 bits per heavy atom. The summed E-state index contributed by atoms with van der Waals surface area (Å²) in [6.45, 7) is 3.17. The molecule has 0 atom stereocenters. The maximum Gasteiger partial charge on any atom is 0.332 e.